The minimum Gasteiger partial charge on any atom is -0.337 e. The first-order valence-electron chi connectivity index (χ1n) is 7.59. The van der Waals surface area contributed by atoms with Crippen LogP contribution in [0.1, 0.15) is 55.2 Å². The lowest BCUT2D eigenvalue weighted by molar-refractivity contribution is 0.0499. The molecule has 2 aliphatic rings. The molecule has 19 heavy (non-hydrogen) atoms. The number of fused-ring (bicyclic) bond motifs is 2. The normalized spacial score (nSPS) is 26.5. The smallest absolute Gasteiger partial charge is 0.274 e. The van der Waals surface area contributed by atoms with E-state index in [9.17, 15) is 4.79 Å². The number of hydrogen-bond donors (Lipinski definition) is 1. The summed E-state index contributed by atoms with van der Waals surface area (Å²) in [5.74, 6) is 1.58. The topological polar surface area (TPSA) is 49.0 Å². The van der Waals surface area contributed by atoms with Gasteiger partial charge >= 0.3 is 0 Å². The third-order valence-corrected chi connectivity index (χ3v) is 4.51. The number of piperidine rings is 1. The molecule has 1 amide bonds. The lowest BCUT2D eigenvalue weighted by Crippen LogP contribution is -2.45. The molecule has 1 aromatic heterocycles. The molecule has 2 unspecified atom stereocenters. The molecule has 0 spiro atoms. The predicted octanol–water partition coefficient (Wildman–Crippen LogP) is 2.62. The first-order chi connectivity index (χ1) is 9.26. The van der Waals surface area contributed by atoms with E-state index >= 15 is 0 Å². The number of aryl methyl sites for hydroxylation is 1. The van der Waals surface area contributed by atoms with E-state index in [1.54, 1.807) is 0 Å². The van der Waals surface area contributed by atoms with E-state index in [0.717, 1.165) is 43.5 Å². The van der Waals surface area contributed by atoms with Crippen molar-refractivity contribution in [3.63, 3.8) is 0 Å². The van der Waals surface area contributed by atoms with Crippen molar-refractivity contribution in [2.75, 3.05) is 13.1 Å². The van der Waals surface area contributed by atoms with Crippen LogP contribution in [0.3, 0.4) is 0 Å². The molecule has 4 heteroatoms. The monoisotopic (exact) mass is 261 g/mol. The number of aromatic amines is 1. The Kier molecular flexibility index (Phi) is 3.58. The summed E-state index contributed by atoms with van der Waals surface area (Å²) in [6, 6.07) is 1.93. The number of likely N-dealkylation sites (tertiary alicyclic amines) is 1. The van der Waals surface area contributed by atoms with Crippen LogP contribution in [0.15, 0.2) is 6.07 Å². The summed E-state index contributed by atoms with van der Waals surface area (Å²) in [5.41, 5.74) is 1.67. The Balaban J connectivity index is 1.69. The number of H-pyrrole nitrogens is 1. The molecular formula is C15H23N3O. The van der Waals surface area contributed by atoms with E-state index < -0.39 is 0 Å². The highest BCUT2D eigenvalue weighted by Crippen LogP contribution is 2.34. The third-order valence-electron chi connectivity index (χ3n) is 4.51. The van der Waals surface area contributed by atoms with Gasteiger partial charge in [0.05, 0.1) is 0 Å². The van der Waals surface area contributed by atoms with E-state index in [1.165, 1.54) is 25.7 Å². The van der Waals surface area contributed by atoms with Crippen LogP contribution in [0.2, 0.25) is 0 Å². The molecule has 0 aromatic carbocycles. The molecule has 3 rings (SSSR count). The Morgan fingerprint density at radius 3 is 2.84 bits per heavy atom. The van der Waals surface area contributed by atoms with Crippen molar-refractivity contribution in [1.82, 2.24) is 15.1 Å². The van der Waals surface area contributed by atoms with Crippen LogP contribution in [-0.4, -0.2) is 34.1 Å². The number of amides is 1. The SMILES string of the molecule is CCCc1cc(C(=O)N2CC3CCCC(C3)C2)n[nH]1. The van der Waals surface area contributed by atoms with Gasteiger partial charge in [0.15, 0.2) is 0 Å². The zero-order valence-electron chi connectivity index (χ0n) is 11.7. The Morgan fingerprint density at radius 2 is 2.16 bits per heavy atom. The molecule has 2 fully saturated rings. The van der Waals surface area contributed by atoms with E-state index in [2.05, 4.69) is 17.1 Å². The Morgan fingerprint density at radius 1 is 1.42 bits per heavy atom. The molecule has 0 radical (unpaired) electrons. The number of carbonyl (C=O) groups excluding carboxylic acids is 1. The Hall–Kier alpha value is -1.32. The molecule has 104 valence electrons. The fourth-order valence-electron chi connectivity index (χ4n) is 3.63. The first kappa shape index (κ1) is 12.7. The maximum atomic E-state index is 12.5. The summed E-state index contributed by atoms with van der Waals surface area (Å²) < 4.78 is 0. The zero-order valence-corrected chi connectivity index (χ0v) is 11.7. The van der Waals surface area contributed by atoms with Crippen molar-refractivity contribution in [3.8, 4) is 0 Å². The van der Waals surface area contributed by atoms with Crippen molar-refractivity contribution < 1.29 is 4.79 Å². The third kappa shape index (κ3) is 2.67. The highest BCUT2D eigenvalue weighted by Gasteiger charge is 2.33. The average Bonchev–Trinajstić information content (AvgIpc) is 2.86. The second-order valence-electron chi connectivity index (χ2n) is 6.14. The number of rotatable bonds is 3. The van der Waals surface area contributed by atoms with Crippen LogP contribution in [-0.2, 0) is 6.42 Å². The summed E-state index contributed by atoms with van der Waals surface area (Å²) in [7, 11) is 0. The average molecular weight is 261 g/mol. The van der Waals surface area contributed by atoms with Crippen molar-refractivity contribution in [2.24, 2.45) is 11.8 Å². The summed E-state index contributed by atoms with van der Waals surface area (Å²) in [6.45, 7) is 4.00. The molecule has 1 aliphatic heterocycles. The van der Waals surface area contributed by atoms with Gasteiger partial charge in [0, 0.05) is 18.8 Å². The van der Waals surface area contributed by atoms with Gasteiger partial charge < -0.3 is 4.90 Å². The largest absolute Gasteiger partial charge is 0.337 e. The summed E-state index contributed by atoms with van der Waals surface area (Å²) in [5, 5.41) is 7.17. The standard InChI is InChI=1S/C15H23N3O/c1-2-4-13-8-14(17-16-13)15(19)18-9-11-5-3-6-12(7-11)10-18/h8,11-12H,2-7,9-10H2,1H3,(H,16,17). The van der Waals surface area contributed by atoms with Gasteiger partial charge in [0.2, 0.25) is 0 Å². The van der Waals surface area contributed by atoms with E-state index in [4.69, 9.17) is 0 Å². The molecule has 1 aromatic rings. The van der Waals surface area contributed by atoms with Crippen molar-refractivity contribution in [3.05, 3.63) is 17.5 Å². The molecule has 2 heterocycles. The van der Waals surface area contributed by atoms with Crippen molar-refractivity contribution in [2.45, 2.75) is 45.4 Å². The van der Waals surface area contributed by atoms with Crippen LogP contribution in [0.4, 0.5) is 0 Å². The number of hydrogen-bond acceptors (Lipinski definition) is 2. The summed E-state index contributed by atoms with van der Waals surface area (Å²) in [6.07, 6.45) is 7.30. The van der Waals surface area contributed by atoms with Gasteiger partial charge in [0.1, 0.15) is 5.69 Å². The van der Waals surface area contributed by atoms with Crippen molar-refractivity contribution >= 4 is 5.91 Å². The van der Waals surface area contributed by atoms with Gasteiger partial charge in [0.25, 0.3) is 5.91 Å². The lowest BCUT2D eigenvalue weighted by Gasteiger charge is -2.41. The second kappa shape index (κ2) is 5.35. The minimum atomic E-state index is 0.121. The molecular weight excluding hydrogens is 238 g/mol. The highest BCUT2D eigenvalue weighted by molar-refractivity contribution is 5.92. The summed E-state index contributed by atoms with van der Waals surface area (Å²) >= 11 is 0. The molecule has 1 aliphatic carbocycles. The summed E-state index contributed by atoms with van der Waals surface area (Å²) in [4.78, 5) is 14.5. The Labute approximate surface area is 114 Å². The molecule has 2 atom stereocenters. The quantitative estimate of drug-likeness (QED) is 0.909. The van der Waals surface area contributed by atoms with Gasteiger partial charge in [-0.05, 0) is 43.6 Å². The van der Waals surface area contributed by atoms with E-state index in [1.807, 2.05) is 11.0 Å². The maximum Gasteiger partial charge on any atom is 0.274 e. The molecule has 1 saturated heterocycles. The van der Waals surface area contributed by atoms with Crippen molar-refractivity contribution in [1.29, 1.82) is 0 Å². The number of aromatic nitrogens is 2. The van der Waals surface area contributed by atoms with E-state index in [0.29, 0.717) is 5.69 Å². The van der Waals surface area contributed by atoms with Crippen LogP contribution in [0, 0.1) is 11.8 Å². The van der Waals surface area contributed by atoms with Crippen LogP contribution >= 0.6 is 0 Å². The zero-order chi connectivity index (χ0) is 13.2. The highest BCUT2D eigenvalue weighted by atomic mass is 16.2. The second-order valence-corrected chi connectivity index (χ2v) is 6.14. The lowest BCUT2D eigenvalue weighted by atomic mass is 9.78. The Bertz CT molecular complexity index is 442. The number of carbonyl (C=O) groups is 1. The maximum absolute atomic E-state index is 12.5. The predicted molar refractivity (Wildman–Crippen MR) is 73.9 cm³/mol. The number of nitrogens with one attached hydrogen (secondary N) is 1. The van der Waals surface area contributed by atoms with Crippen LogP contribution in [0.5, 0.6) is 0 Å². The van der Waals surface area contributed by atoms with Gasteiger partial charge in [-0.25, -0.2) is 0 Å². The molecule has 4 nitrogen and oxygen atoms in total. The van der Waals surface area contributed by atoms with Gasteiger partial charge in [-0.15, -0.1) is 0 Å². The fourth-order valence-corrected chi connectivity index (χ4v) is 3.63. The molecule has 1 saturated carbocycles. The van der Waals surface area contributed by atoms with Gasteiger partial charge in [-0.2, -0.15) is 5.10 Å². The first-order valence-corrected chi connectivity index (χ1v) is 7.59. The van der Waals surface area contributed by atoms with Gasteiger partial charge in [-0.1, -0.05) is 19.8 Å². The van der Waals surface area contributed by atoms with Crippen LogP contribution < -0.4 is 0 Å². The molecule has 1 N–H and O–H groups in total. The number of nitrogens with zero attached hydrogens (tertiary/aromatic N) is 2. The van der Waals surface area contributed by atoms with Gasteiger partial charge in [-0.3, -0.25) is 9.89 Å². The van der Waals surface area contributed by atoms with E-state index in [-0.39, 0.29) is 5.91 Å². The molecule has 2 bridgehead atoms. The minimum absolute atomic E-state index is 0.121. The fraction of sp³-hybridized carbons (Fsp3) is 0.733. The van der Waals surface area contributed by atoms with Crippen LogP contribution in [0.25, 0.3) is 0 Å².